The van der Waals surface area contributed by atoms with Crippen molar-refractivity contribution >= 4 is 34.9 Å². The summed E-state index contributed by atoms with van der Waals surface area (Å²) >= 11 is 11.6. The Morgan fingerprint density at radius 2 is 1.85 bits per heavy atom. The Labute approximate surface area is 125 Å². The fraction of sp³-hybridized carbons (Fsp3) is 0. The summed E-state index contributed by atoms with van der Waals surface area (Å²) in [6, 6.07) is 10.6. The fourth-order valence-corrected chi connectivity index (χ4v) is 2.18. The highest BCUT2D eigenvalue weighted by molar-refractivity contribution is 6.37. The summed E-state index contributed by atoms with van der Waals surface area (Å²) in [5, 5.41) is 18.8. The first kappa shape index (κ1) is 14.4. The number of aromatic hydroxyl groups is 1. The molecule has 0 amide bonds. The van der Waals surface area contributed by atoms with Gasteiger partial charge in [0.1, 0.15) is 5.82 Å². The first-order valence-electron chi connectivity index (χ1n) is 5.57. The number of rotatable bonds is 2. The molecule has 0 radical (unpaired) electrons. The van der Waals surface area contributed by atoms with Crippen molar-refractivity contribution in [2.45, 2.75) is 0 Å². The summed E-state index contributed by atoms with van der Waals surface area (Å²) in [7, 11) is 0. The van der Waals surface area contributed by atoms with Gasteiger partial charge in [0.2, 0.25) is 0 Å². The van der Waals surface area contributed by atoms with Crippen LogP contribution < -0.4 is 0 Å². The molecule has 0 heterocycles. The van der Waals surface area contributed by atoms with E-state index in [2.05, 4.69) is 0 Å². The maximum Gasteiger partial charge on any atom is 0.152 e. The van der Waals surface area contributed by atoms with Crippen molar-refractivity contribution in [2.75, 3.05) is 0 Å². The van der Waals surface area contributed by atoms with E-state index in [9.17, 15) is 9.50 Å². The molecule has 0 aliphatic rings. The number of hydrogen-bond donors (Lipinski definition) is 1. The van der Waals surface area contributed by atoms with E-state index in [4.69, 9.17) is 28.5 Å². The average Bonchev–Trinajstić information content (AvgIpc) is 2.42. The Balaban J connectivity index is 2.50. The lowest BCUT2D eigenvalue weighted by Gasteiger charge is -2.03. The average molecular weight is 308 g/mol. The highest BCUT2D eigenvalue weighted by atomic mass is 35.5. The molecule has 1 N–H and O–H groups in total. The number of hydrogen-bond acceptors (Lipinski definition) is 2. The number of halogens is 3. The van der Waals surface area contributed by atoms with Crippen LogP contribution in [0.15, 0.2) is 36.4 Å². The highest BCUT2D eigenvalue weighted by Gasteiger charge is 2.07. The van der Waals surface area contributed by atoms with E-state index in [1.807, 2.05) is 6.07 Å². The predicted octanol–water partition coefficient (Wildman–Crippen LogP) is 4.90. The zero-order valence-corrected chi connectivity index (χ0v) is 11.6. The molecule has 0 aliphatic heterocycles. The lowest BCUT2D eigenvalue weighted by atomic mass is 10.0. The minimum Gasteiger partial charge on any atom is -0.505 e. The third kappa shape index (κ3) is 3.11. The van der Waals surface area contributed by atoms with Gasteiger partial charge in [-0.3, -0.25) is 0 Å². The molecule has 0 unspecified atom stereocenters. The molecular formula is C15H8Cl2FNO. The van der Waals surface area contributed by atoms with Gasteiger partial charge in [0.15, 0.2) is 5.75 Å². The van der Waals surface area contributed by atoms with E-state index in [0.29, 0.717) is 11.1 Å². The SMILES string of the molecule is N#C/C(=C/c1cc(Cl)c(O)c(Cl)c1)c1cccc(F)c1. The van der Waals surface area contributed by atoms with E-state index in [1.165, 1.54) is 36.4 Å². The summed E-state index contributed by atoms with van der Waals surface area (Å²) in [5.41, 5.74) is 1.26. The molecule has 100 valence electrons. The number of nitriles is 1. The second-order valence-electron chi connectivity index (χ2n) is 4.01. The summed E-state index contributed by atoms with van der Waals surface area (Å²) in [6.07, 6.45) is 1.52. The summed E-state index contributed by atoms with van der Waals surface area (Å²) in [5.74, 6) is -0.639. The maximum atomic E-state index is 13.2. The number of nitrogens with zero attached hydrogens (tertiary/aromatic N) is 1. The minimum absolute atomic E-state index is 0.0836. The molecule has 0 bridgehead atoms. The Morgan fingerprint density at radius 1 is 1.20 bits per heavy atom. The number of phenols is 1. The zero-order chi connectivity index (χ0) is 14.7. The van der Waals surface area contributed by atoms with Crippen LogP contribution in [0.25, 0.3) is 11.6 Å². The highest BCUT2D eigenvalue weighted by Crippen LogP contribution is 2.33. The molecule has 0 saturated heterocycles. The van der Waals surface area contributed by atoms with Crippen molar-refractivity contribution in [1.82, 2.24) is 0 Å². The molecule has 0 aromatic heterocycles. The molecule has 0 atom stereocenters. The van der Waals surface area contributed by atoms with Crippen molar-refractivity contribution in [1.29, 1.82) is 5.26 Å². The van der Waals surface area contributed by atoms with Crippen LogP contribution in [0.5, 0.6) is 5.75 Å². The molecule has 0 aliphatic carbocycles. The molecule has 0 fully saturated rings. The van der Waals surface area contributed by atoms with Gasteiger partial charge < -0.3 is 5.11 Å². The molecular weight excluding hydrogens is 300 g/mol. The second-order valence-corrected chi connectivity index (χ2v) is 4.83. The van der Waals surface area contributed by atoms with Gasteiger partial charge in [0.25, 0.3) is 0 Å². The van der Waals surface area contributed by atoms with Crippen molar-refractivity contribution in [2.24, 2.45) is 0 Å². The number of phenolic OH excluding ortho intramolecular Hbond substituents is 1. The topological polar surface area (TPSA) is 44.0 Å². The van der Waals surface area contributed by atoms with Gasteiger partial charge in [0, 0.05) is 0 Å². The van der Waals surface area contributed by atoms with Gasteiger partial charge in [-0.05, 0) is 41.5 Å². The molecule has 2 rings (SSSR count). The number of benzene rings is 2. The van der Waals surface area contributed by atoms with Crippen molar-refractivity contribution in [3.63, 3.8) is 0 Å². The maximum absolute atomic E-state index is 13.2. The summed E-state index contributed by atoms with van der Waals surface area (Å²) < 4.78 is 13.2. The third-order valence-corrected chi connectivity index (χ3v) is 3.18. The fourth-order valence-electron chi connectivity index (χ4n) is 1.67. The van der Waals surface area contributed by atoms with Crippen LogP contribution in [0.3, 0.4) is 0 Å². The van der Waals surface area contributed by atoms with Gasteiger partial charge >= 0.3 is 0 Å². The van der Waals surface area contributed by atoms with E-state index in [-0.39, 0.29) is 21.4 Å². The van der Waals surface area contributed by atoms with Crippen molar-refractivity contribution in [3.05, 3.63) is 63.4 Å². The third-order valence-electron chi connectivity index (χ3n) is 2.61. The van der Waals surface area contributed by atoms with Gasteiger partial charge in [0.05, 0.1) is 21.7 Å². The van der Waals surface area contributed by atoms with Gasteiger partial charge in [-0.15, -0.1) is 0 Å². The van der Waals surface area contributed by atoms with Crippen LogP contribution in [0.1, 0.15) is 11.1 Å². The van der Waals surface area contributed by atoms with Crippen LogP contribution in [-0.4, -0.2) is 5.11 Å². The molecule has 2 aromatic carbocycles. The Kier molecular flexibility index (Phi) is 4.29. The molecule has 5 heteroatoms. The summed E-state index contributed by atoms with van der Waals surface area (Å²) in [6.45, 7) is 0. The van der Waals surface area contributed by atoms with Crippen LogP contribution >= 0.6 is 23.2 Å². The molecule has 2 nitrogen and oxygen atoms in total. The first-order valence-corrected chi connectivity index (χ1v) is 6.32. The lowest BCUT2D eigenvalue weighted by Crippen LogP contribution is -1.84. The lowest BCUT2D eigenvalue weighted by molar-refractivity contribution is 0.476. The van der Waals surface area contributed by atoms with Crippen molar-refractivity contribution < 1.29 is 9.50 Å². The minimum atomic E-state index is -0.426. The standard InChI is InChI=1S/C15H8Cl2FNO/c16-13-5-9(6-14(17)15(13)20)4-11(8-19)10-2-1-3-12(18)7-10/h1-7,20H/b11-4-. The van der Waals surface area contributed by atoms with Gasteiger partial charge in [-0.2, -0.15) is 5.26 Å². The van der Waals surface area contributed by atoms with E-state index in [1.54, 1.807) is 6.07 Å². The van der Waals surface area contributed by atoms with Crippen LogP contribution in [0, 0.1) is 17.1 Å². The van der Waals surface area contributed by atoms with Crippen LogP contribution in [0.2, 0.25) is 10.0 Å². The molecule has 2 aromatic rings. The van der Waals surface area contributed by atoms with E-state index in [0.717, 1.165) is 0 Å². The van der Waals surface area contributed by atoms with E-state index >= 15 is 0 Å². The van der Waals surface area contributed by atoms with Crippen LogP contribution in [0.4, 0.5) is 4.39 Å². The normalized spacial score (nSPS) is 11.2. The molecule has 0 spiro atoms. The van der Waals surface area contributed by atoms with Crippen molar-refractivity contribution in [3.8, 4) is 11.8 Å². The smallest absolute Gasteiger partial charge is 0.152 e. The Bertz CT molecular complexity index is 712. The first-order chi connectivity index (χ1) is 9.51. The quantitative estimate of drug-likeness (QED) is 0.633. The van der Waals surface area contributed by atoms with E-state index < -0.39 is 5.82 Å². The monoisotopic (exact) mass is 307 g/mol. The largest absolute Gasteiger partial charge is 0.505 e. The zero-order valence-electron chi connectivity index (χ0n) is 10.1. The van der Waals surface area contributed by atoms with Gasteiger partial charge in [-0.1, -0.05) is 35.3 Å². The Hall–Kier alpha value is -2.02. The van der Waals surface area contributed by atoms with Crippen LogP contribution in [-0.2, 0) is 0 Å². The Morgan fingerprint density at radius 3 is 2.40 bits per heavy atom. The second kappa shape index (κ2) is 5.96. The molecule has 0 saturated carbocycles. The predicted molar refractivity (Wildman–Crippen MR) is 78.0 cm³/mol. The van der Waals surface area contributed by atoms with Gasteiger partial charge in [-0.25, -0.2) is 4.39 Å². The number of allylic oxidation sites excluding steroid dienone is 1. The summed E-state index contributed by atoms with van der Waals surface area (Å²) in [4.78, 5) is 0. The molecule has 20 heavy (non-hydrogen) atoms.